The molecule has 33 heavy (non-hydrogen) atoms. The van der Waals surface area contributed by atoms with Gasteiger partial charge < -0.3 is 10.2 Å². The van der Waals surface area contributed by atoms with Crippen molar-refractivity contribution in [3.8, 4) is 0 Å². The summed E-state index contributed by atoms with van der Waals surface area (Å²) in [5, 5.41) is 3.17. The summed E-state index contributed by atoms with van der Waals surface area (Å²) < 4.78 is 0. The highest BCUT2D eigenvalue weighted by Gasteiger charge is 2.12. The molecule has 190 valence electrons. The molecule has 2 amide bonds. The fourth-order valence-electron chi connectivity index (χ4n) is 4.34. The maximum Gasteiger partial charge on any atom is 0.317 e. The topological polar surface area (TPSA) is 45.2 Å². The maximum absolute atomic E-state index is 12.8. The largest absolute Gasteiger partial charge is 0.338 e. The average Bonchev–Trinajstić information content (AvgIpc) is 2.84. The Morgan fingerprint density at radius 1 is 0.697 bits per heavy atom. The number of hydrogen-bond donors (Lipinski definition) is 1. The molecule has 1 N–H and O–H groups in total. The lowest BCUT2D eigenvalue weighted by Crippen LogP contribution is -2.41. The van der Waals surface area contributed by atoms with Crippen molar-refractivity contribution in [2.45, 2.75) is 129 Å². The van der Waals surface area contributed by atoms with E-state index in [1.807, 2.05) is 12.4 Å². The number of nitrogens with zero attached hydrogens (tertiary/aromatic N) is 2. The molecule has 0 saturated heterocycles. The summed E-state index contributed by atoms with van der Waals surface area (Å²) in [7, 11) is 0. The summed E-state index contributed by atoms with van der Waals surface area (Å²) >= 11 is 0. The molecule has 0 bridgehead atoms. The SMILES string of the molecule is CCCCCCCCCCN(CCCCCCCCCC)C(=O)NCCCc1ccncc1. The number of unbranched alkanes of at least 4 members (excludes halogenated alkanes) is 14. The molecule has 1 aromatic rings. The molecule has 1 heterocycles. The predicted molar refractivity (Wildman–Crippen MR) is 143 cm³/mol. The second-order valence-corrected chi connectivity index (χ2v) is 9.63. The van der Waals surface area contributed by atoms with E-state index in [1.54, 1.807) is 0 Å². The van der Waals surface area contributed by atoms with Crippen LogP contribution in [0.1, 0.15) is 129 Å². The van der Waals surface area contributed by atoms with E-state index in [-0.39, 0.29) is 6.03 Å². The van der Waals surface area contributed by atoms with E-state index >= 15 is 0 Å². The fourth-order valence-corrected chi connectivity index (χ4v) is 4.34. The van der Waals surface area contributed by atoms with Gasteiger partial charge in [-0.05, 0) is 43.4 Å². The minimum atomic E-state index is 0.135. The fraction of sp³-hybridized carbons (Fsp3) is 0.793. The third-order valence-corrected chi connectivity index (χ3v) is 6.52. The Morgan fingerprint density at radius 3 is 1.64 bits per heavy atom. The lowest BCUT2D eigenvalue weighted by molar-refractivity contribution is 0.195. The summed E-state index contributed by atoms with van der Waals surface area (Å²) in [5.74, 6) is 0. The normalized spacial score (nSPS) is 11.0. The number of hydrogen-bond acceptors (Lipinski definition) is 2. The van der Waals surface area contributed by atoms with Crippen molar-refractivity contribution in [3.05, 3.63) is 30.1 Å². The van der Waals surface area contributed by atoms with Crippen molar-refractivity contribution in [2.24, 2.45) is 0 Å². The zero-order valence-electron chi connectivity index (χ0n) is 22.0. The Labute approximate surface area is 205 Å². The zero-order chi connectivity index (χ0) is 23.8. The van der Waals surface area contributed by atoms with Crippen molar-refractivity contribution in [2.75, 3.05) is 19.6 Å². The van der Waals surface area contributed by atoms with Gasteiger partial charge in [0.05, 0.1) is 0 Å². The van der Waals surface area contributed by atoms with Crippen LogP contribution in [0.5, 0.6) is 0 Å². The van der Waals surface area contributed by atoms with Crippen LogP contribution in [-0.4, -0.2) is 35.5 Å². The van der Waals surface area contributed by atoms with Gasteiger partial charge in [0.1, 0.15) is 0 Å². The molecule has 0 atom stereocenters. The first-order valence-electron chi connectivity index (χ1n) is 14.2. The zero-order valence-corrected chi connectivity index (χ0v) is 22.0. The highest BCUT2D eigenvalue weighted by Crippen LogP contribution is 2.11. The number of amides is 2. The summed E-state index contributed by atoms with van der Waals surface area (Å²) in [6.07, 6.45) is 26.6. The van der Waals surface area contributed by atoms with E-state index in [9.17, 15) is 4.79 Å². The van der Waals surface area contributed by atoms with Gasteiger partial charge in [-0.1, -0.05) is 104 Å². The number of aryl methyl sites for hydroxylation is 1. The van der Waals surface area contributed by atoms with E-state index in [0.717, 1.165) is 45.3 Å². The van der Waals surface area contributed by atoms with Crippen LogP contribution in [0.15, 0.2) is 24.5 Å². The van der Waals surface area contributed by atoms with Gasteiger partial charge in [0.15, 0.2) is 0 Å². The molecule has 1 aromatic heterocycles. The summed E-state index contributed by atoms with van der Waals surface area (Å²) in [6.45, 7) is 7.09. The first-order chi connectivity index (χ1) is 16.3. The number of urea groups is 1. The first-order valence-corrected chi connectivity index (χ1v) is 14.2. The van der Waals surface area contributed by atoms with Gasteiger partial charge in [0.2, 0.25) is 0 Å². The van der Waals surface area contributed by atoms with Crippen LogP contribution < -0.4 is 5.32 Å². The summed E-state index contributed by atoms with van der Waals surface area (Å²) in [5.41, 5.74) is 1.29. The molecule has 0 aliphatic rings. The summed E-state index contributed by atoms with van der Waals surface area (Å²) in [4.78, 5) is 19.0. The molecule has 1 rings (SSSR count). The monoisotopic (exact) mass is 459 g/mol. The number of carbonyl (C=O) groups excluding carboxylic acids is 1. The van der Waals surface area contributed by atoms with Crippen LogP contribution >= 0.6 is 0 Å². The highest BCUT2D eigenvalue weighted by atomic mass is 16.2. The average molecular weight is 460 g/mol. The number of nitrogens with one attached hydrogen (secondary N) is 1. The van der Waals surface area contributed by atoms with Crippen LogP contribution in [0, 0.1) is 0 Å². The van der Waals surface area contributed by atoms with Gasteiger partial charge >= 0.3 is 6.03 Å². The van der Waals surface area contributed by atoms with Crippen molar-refractivity contribution in [1.29, 1.82) is 0 Å². The highest BCUT2D eigenvalue weighted by molar-refractivity contribution is 5.74. The van der Waals surface area contributed by atoms with Crippen LogP contribution in [0.3, 0.4) is 0 Å². The molecule has 0 fully saturated rings. The predicted octanol–water partition coefficient (Wildman–Crippen LogP) is 8.31. The summed E-state index contributed by atoms with van der Waals surface area (Å²) in [6, 6.07) is 4.24. The second kappa shape index (κ2) is 22.2. The molecule has 0 unspecified atom stereocenters. The lowest BCUT2D eigenvalue weighted by atomic mass is 10.1. The molecule has 0 spiro atoms. The third-order valence-electron chi connectivity index (χ3n) is 6.52. The maximum atomic E-state index is 12.8. The minimum Gasteiger partial charge on any atom is -0.338 e. The minimum absolute atomic E-state index is 0.135. The molecular weight excluding hydrogens is 406 g/mol. The van der Waals surface area contributed by atoms with E-state index in [4.69, 9.17) is 0 Å². The number of carbonyl (C=O) groups is 1. The van der Waals surface area contributed by atoms with Crippen molar-refractivity contribution < 1.29 is 4.79 Å². The Hall–Kier alpha value is -1.58. The van der Waals surface area contributed by atoms with Gasteiger partial charge in [-0.25, -0.2) is 4.79 Å². The van der Waals surface area contributed by atoms with Crippen LogP contribution in [0.2, 0.25) is 0 Å². The van der Waals surface area contributed by atoms with Crippen molar-refractivity contribution in [1.82, 2.24) is 15.2 Å². The molecule has 0 saturated carbocycles. The number of aromatic nitrogens is 1. The van der Waals surface area contributed by atoms with Gasteiger partial charge in [0.25, 0.3) is 0 Å². The Bertz CT molecular complexity index is 529. The number of pyridine rings is 1. The van der Waals surface area contributed by atoms with E-state index < -0.39 is 0 Å². The Morgan fingerprint density at radius 2 is 1.15 bits per heavy atom. The Kier molecular flexibility index (Phi) is 19.8. The van der Waals surface area contributed by atoms with Crippen LogP contribution in [0.4, 0.5) is 4.79 Å². The second-order valence-electron chi connectivity index (χ2n) is 9.63. The number of rotatable bonds is 22. The van der Waals surface area contributed by atoms with E-state index in [1.165, 1.54) is 95.5 Å². The first kappa shape index (κ1) is 29.5. The van der Waals surface area contributed by atoms with Gasteiger partial charge in [-0.2, -0.15) is 0 Å². The van der Waals surface area contributed by atoms with Crippen molar-refractivity contribution >= 4 is 6.03 Å². The van der Waals surface area contributed by atoms with Crippen LogP contribution in [0.25, 0.3) is 0 Å². The molecule has 4 nitrogen and oxygen atoms in total. The Balaban J connectivity index is 2.25. The van der Waals surface area contributed by atoms with Gasteiger partial charge in [-0.15, -0.1) is 0 Å². The molecule has 0 aliphatic heterocycles. The van der Waals surface area contributed by atoms with Crippen molar-refractivity contribution in [3.63, 3.8) is 0 Å². The molecule has 0 aliphatic carbocycles. The lowest BCUT2D eigenvalue weighted by Gasteiger charge is -2.23. The molecular formula is C29H53N3O. The smallest absolute Gasteiger partial charge is 0.317 e. The van der Waals surface area contributed by atoms with E-state index in [2.05, 4.69) is 41.2 Å². The third kappa shape index (κ3) is 17.5. The van der Waals surface area contributed by atoms with E-state index in [0.29, 0.717) is 0 Å². The van der Waals surface area contributed by atoms with Gasteiger partial charge in [0, 0.05) is 32.0 Å². The quantitative estimate of drug-likeness (QED) is 0.177. The molecule has 4 heteroatoms. The van der Waals surface area contributed by atoms with Gasteiger partial charge in [-0.3, -0.25) is 4.98 Å². The molecule has 0 aromatic carbocycles. The van der Waals surface area contributed by atoms with Crippen LogP contribution in [-0.2, 0) is 6.42 Å². The standard InChI is InChI=1S/C29H53N3O/c1-3-5-7-9-11-13-15-17-26-32(27-18-16-14-12-10-8-6-4-2)29(33)31-23-19-20-28-21-24-30-25-22-28/h21-22,24-25H,3-20,23,26-27H2,1-2H3,(H,31,33). The molecule has 0 radical (unpaired) electrons.